The van der Waals surface area contributed by atoms with Crippen molar-refractivity contribution in [3.05, 3.63) is 82.7 Å². The van der Waals surface area contributed by atoms with E-state index in [4.69, 9.17) is 14.2 Å². The van der Waals surface area contributed by atoms with Gasteiger partial charge in [0.05, 0.1) is 14.2 Å². The quantitative estimate of drug-likeness (QED) is 0.335. The van der Waals surface area contributed by atoms with Crippen LogP contribution in [0.5, 0.6) is 11.5 Å². The number of esters is 1. The van der Waals surface area contributed by atoms with Crippen molar-refractivity contribution >= 4 is 17.7 Å². The Kier molecular flexibility index (Phi) is 8.67. The van der Waals surface area contributed by atoms with Gasteiger partial charge in [0.2, 0.25) is 5.78 Å². The van der Waals surface area contributed by atoms with Crippen LogP contribution in [0, 0.1) is 13.8 Å². The molecule has 3 rings (SSSR count). The van der Waals surface area contributed by atoms with E-state index in [9.17, 15) is 14.4 Å². The van der Waals surface area contributed by atoms with Crippen molar-refractivity contribution in [2.45, 2.75) is 26.8 Å². The second kappa shape index (κ2) is 11.9. The Bertz CT molecular complexity index is 1180. The van der Waals surface area contributed by atoms with Gasteiger partial charge in [-0.15, -0.1) is 0 Å². The number of Topliss-reactive ketones (excluding diaryl/α,β-unsaturated/α-hetero) is 1. The number of rotatable bonds is 11. The molecule has 0 spiro atoms. The zero-order valence-electron chi connectivity index (χ0n) is 20.4. The number of hydrogen-bond acceptors (Lipinski definition) is 6. The molecular weight excluding hydrogens is 448 g/mol. The van der Waals surface area contributed by atoms with Crippen LogP contribution >= 0.6 is 0 Å². The van der Waals surface area contributed by atoms with Crippen LogP contribution in [-0.4, -0.2) is 49.6 Å². The molecule has 1 N–H and O–H groups in total. The Hall–Kier alpha value is -4.07. The average Bonchev–Trinajstić information content (AvgIpc) is 3.17. The Balaban J connectivity index is 1.52. The number of nitrogens with zero attached hydrogens (tertiary/aromatic N) is 1. The number of nitrogens with one attached hydrogen (secondary N) is 1. The van der Waals surface area contributed by atoms with E-state index < -0.39 is 18.5 Å². The van der Waals surface area contributed by atoms with Gasteiger partial charge in [0.25, 0.3) is 5.91 Å². The zero-order valence-corrected chi connectivity index (χ0v) is 20.4. The van der Waals surface area contributed by atoms with E-state index in [-0.39, 0.29) is 17.9 Å². The third-order valence-electron chi connectivity index (χ3n) is 5.71. The van der Waals surface area contributed by atoms with Gasteiger partial charge in [0.15, 0.2) is 6.61 Å². The van der Waals surface area contributed by atoms with Gasteiger partial charge in [-0.1, -0.05) is 30.3 Å². The monoisotopic (exact) mass is 478 g/mol. The van der Waals surface area contributed by atoms with E-state index in [1.165, 1.54) is 31.9 Å². The second-order valence-corrected chi connectivity index (χ2v) is 8.04. The van der Waals surface area contributed by atoms with Crippen LogP contribution < -0.4 is 14.8 Å². The minimum atomic E-state index is -0.709. The van der Waals surface area contributed by atoms with Crippen molar-refractivity contribution in [3.63, 3.8) is 0 Å². The van der Waals surface area contributed by atoms with Crippen molar-refractivity contribution in [1.29, 1.82) is 0 Å². The summed E-state index contributed by atoms with van der Waals surface area (Å²) in [6.45, 7) is 3.81. The highest BCUT2D eigenvalue weighted by Gasteiger charge is 2.18. The first-order valence-corrected chi connectivity index (χ1v) is 11.2. The summed E-state index contributed by atoms with van der Waals surface area (Å²) in [5.74, 6) is -0.596. The van der Waals surface area contributed by atoms with E-state index in [0.717, 1.165) is 24.4 Å². The molecule has 1 amide bonds. The molecule has 35 heavy (non-hydrogen) atoms. The van der Waals surface area contributed by atoms with Crippen molar-refractivity contribution in [1.82, 2.24) is 9.88 Å². The van der Waals surface area contributed by atoms with Gasteiger partial charge in [0.1, 0.15) is 18.0 Å². The lowest BCUT2D eigenvalue weighted by Gasteiger charge is -2.10. The fourth-order valence-electron chi connectivity index (χ4n) is 3.78. The standard InChI is InChI=1S/C27H30N2O6/c1-18-12-24(19(2)29(18)11-10-20-8-6-5-7-9-20)25(30)17-35-26(31)16-28-27(32)21-13-22(33-3)15-23(14-21)34-4/h5-9,12-15H,10-11,16-17H2,1-4H3,(H,28,32). The lowest BCUT2D eigenvalue weighted by molar-refractivity contribution is -0.141. The molecule has 8 nitrogen and oxygen atoms in total. The summed E-state index contributed by atoms with van der Waals surface area (Å²) in [5, 5.41) is 2.48. The summed E-state index contributed by atoms with van der Waals surface area (Å²) >= 11 is 0. The first kappa shape index (κ1) is 25.6. The molecule has 2 aromatic carbocycles. The van der Waals surface area contributed by atoms with E-state index >= 15 is 0 Å². The molecular formula is C27H30N2O6. The molecule has 0 aliphatic heterocycles. The smallest absolute Gasteiger partial charge is 0.325 e. The summed E-state index contributed by atoms with van der Waals surface area (Å²) < 4.78 is 17.5. The number of amides is 1. The third-order valence-corrected chi connectivity index (χ3v) is 5.71. The van der Waals surface area contributed by atoms with Gasteiger partial charge in [-0.3, -0.25) is 14.4 Å². The average molecular weight is 479 g/mol. The van der Waals surface area contributed by atoms with E-state index in [0.29, 0.717) is 17.1 Å². The number of ether oxygens (including phenoxy) is 3. The lowest BCUT2D eigenvalue weighted by atomic mass is 10.1. The van der Waals surface area contributed by atoms with Crippen molar-refractivity contribution < 1.29 is 28.6 Å². The fraction of sp³-hybridized carbons (Fsp3) is 0.296. The number of hydrogen-bond donors (Lipinski definition) is 1. The maximum Gasteiger partial charge on any atom is 0.325 e. The van der Waals surface area contributed by atoms with Gasteiger partial charge >= 0.3 is 5.97 Å². The molecule has 0 bridgehead atoms. The highest BCUT2D eigenvalue weighted by atomic mass is 16.5. The summed E-state index contributed by atoms with van der Waals surface area (Å²) in [5.41, 5.74) is 3.81. The molecule has 0 aliphatic rings. The number of aromatic nitrogens is 1. The van der Waals surface area contributed by atoms with Crippen molar-refractivity contribution in [2.75, 3.05) is 27.4 Å². The van der Waals surface area contributed by atoms with Gasteiger partial charge in [0, 0.05) is 35.1 Å². The van der Waals surface area contributed by atoms with Gasteiger partial charge in [-0.25, -0.2) is 0 Å². The van der Waals surface area contributed by atoms with Crippen LogP contribution in [0.1, 0.15) is 37.7 Å². The number of ketones is 1. The molecule has 0 atom stereocenters. The maximum absolute atomic E-state index is 12.7. The molecule has 3 aromatic rings. The molecule has 0 radical (unpaired) electrons. The molecule has 0 unspecified atom stereocenters. The van der Waals surface area contributed by atoms with Crippen LogP contribution in [-0.2, 0) is 22.5 Å². The normalized spacial score (nSPS) is 10.5. The Morgan fingerprint density at radius 1 is 0.914 bits per heavy atom. The van der Waals surface area contributed by atoms with Crippen molar-refractivity contribution in [3.8, 4) is 11.5 Å². The van der Waals surface area contributed by atoms with Crippen molar-refractivity contribution in [2.24, 2.45) is 0 Å². The predicted molar refractivity (Wildman–Crippen MR) is 131 cm³/mol. The number of carbonyl (C=O) groups is 3. The van der Waals surface area contributed by atoms with Crippen LogP contribution in [0.15, 0.2) is 54.6 Å². The SMILES string of the molecule is COc1cc(OC)cc(C(=O)NCC(=O)OCC(=O)c2cc(C)n(CCc3ccccc3)c2C)c1. The zero-order chi connectivity index (χ0) is 25.4. The number of aryl methyl sites for hydroxylation is 2. The summed E-state index contributed by atoms with van der Waals surface area (Å²) in [7, 11) is 2.96. The van der Waals surface area contributed by atoms with Crippen LogP contribution in [0.4, 0.5) is 0 Å². The number of methoxy groups -OCH3 is 2. The van der Waals surface area contributed by atoms with Crippen LogP contribution in [0.25, 0.3) is 0 Å². The molecule has 1 heterocycles. The summed E-state index contributed by atoms with van der Waals surface area (Å²) in [4.78, 5) is 37.2. The molecule has 0 aliphatic carbocycles. The second-order valence-electron chi connectivity index (χ2n) is 8.04. The minimum absolute atomic E-state index is 0.271. The molecule has 0 saturated heterocycles. The number of carbonyl (C=O) groups excluding carboxylic acids is 3. The largest absolute Gasteiger partial charge is 0.497 e. The first-order valence-electron chi connectivity index (χ1n) is 11.2. The Labute approximate surface area is 204 Å². The topological polar surface area (TPSA) is 95.9 Å². The highest BCUT2D eigenvalue weighted by Crippen LogP contribution is 2.22. The molecule has 184 valence electrons. The molecule has 0 saturated carbocycles. The summed E-state index contributed by atoms with van der Waals surface area (Å²) in [6, 6.07) is 16.6. The fourth-order valence-corrected chi connectivity index (χ4v) is 3.78. The predicted octanol–water partition coefficient (Wildman–Crippen LogP) is 3.52. The summed E-state index contributed by atoms with van der Waals surface area (Å²) in [6.07, 6.45) is 0.846. The maximum atomic E-state index is 12.7. The number of benzene rings is 2. The molecule has 0 fully saturated rings. The minimum Gasteiger partial charge on any atom is -0.497 e. The molecule has 8 heteroatoms. The molecule has 1 aromatic heterocycles. The van der Waals surface area contributed by atoms with Gasteiger partial charge in [-0.2, -0.15) is 0 Å². The van der Waals surface area contributed by atoms with Gasteiger partial charge < -0.3 is 24.1 Å². The first-order chi connectivity index (χ1) is 16.8. The van der Waals surface area contributed by atoms with E-state index in [1.54, 1.807) is 6.07 Å². The van der Waals surface area contributed by atoms with Crippen LogP contribution in [0.2, 0.25) is 0 Å². The van der Waals surface area contributed by atoms with E-state index in [2.05, 4.69) is 22.0 Å². The Morgan fingerprint density at radius 3 is 2.20 bits per heavy atom. The lowest BCUT2D eigenvalue weighted by Crippen LogP contribution is -2.31. The third kappa shape index (κ3) is 6.72. The van der Waals surface area contributed by atoms with Crippen LogP contribution in [0.3, 0.4) is 0 Å². The van der Waals surface area contributed by atoms with Gasteiger partial charge in [-0.05, 0) is 44.0 Å². The highest BCUT2D eigenvalue weighted by molar-refractivity contribution is 6.00. The van der Waals surface area contributed by atoms with E-state index in [1.807, 2.05) is 38.1 Å². The Morgan fingerprint density at radius 2 is 1.57 bits per heavy atom.